The van der Waals surface area contributed by atoms with Gasteiger partial charge in [-0.15, -0.1) is 10.2 Å². The van der Waals surface area contributed by atoms with Crippen LogP contribution in [0.4, 0.5) is 23.4 Å². The lowest BCUT2D eigenvalue weighted by molar-refractivity contribution is 0.0613. The number of rotatable bonds is 5. The van der Waals surface area contributed by atoms with Crippen molar-refractivity contribution in [2.45, 2.75) is 56.7 Å². The summed E-state index contributed by atoms with van der Waals surface area (Å²) < 4.78 is 55.9. The van der Waals surface area contributed by atoms with Crippen molar-refractivity contribution in [1.29, 1.82) is 0 Å². The van der Waals surface area contributed by atoms with Crippen molar-refractivity contribution in [2.75, 3.05) is 25.0 Å². The van der Waals surface area contributed by atoms with E-state index < -0.39 is 23.1 Å². The molecule has 5 rings (SSSR count). The van der Waals surface area contributed by atoms with E-state index in [9.17, 15) is 13.2 Å². The van der Waals surface area contributed by atoms with Crippen LogP contribution in [0.5, 0.6) is 0 Å². The quantitative estimate of drug-likeness (QED) is 0.494. The number of hydrogen-bond donors (Lipinski definition) is 1. The van der Waals surface area contributed by atoms with Crippen molar-refractivity contribution in [1.82, 2.24) is 15.1 Å². The summed E-state index contributed by atoms with van der Waals surface area (Å²) in [6, 6.07) is 4.83. The maximum Gasteiger partial charge on any atom is 0.168 e. The topological polar surface area (TPSA) is 41.0 Å². The van der Waals surface area contributed by atoms with Crippen LogP contribution in [0, 0.1) is 29.3 Å². The van der Waals surface area contributed by atoms with E-state index in [1.165, 1.54) is 6.07 Å². The average Bonchev–Trinajstić information content (AvgIpc) is 3.29. The number of fused-ring (bicyclic) bond motifs is 1. The molecule has 4 nitrogen and oxygen atoms in total. The first-order valence-corrected chi connectivity index (χ1v) is 11.5. The summed E-state index contributed by atoms with van der Waals surface area (Å²) in [6.07, 6.45) is 6.55. The van der Waals surface area contributed by atoms with Crippen molar-refractivity contribution in [2.24, 2.45) is 11.8 Å². The molecule has 0 amide bonds. The largest absolute Gasteiger partial charge is 0.366 e. The second-order valence-electron chi connectivity index (χ2n) is 9.79. The maximum absolute atomic E-state index is 15.1. The van der Waals surface area contributed by atoms with Gasteiger partial charge in [0.15, 0.2) is 11.6 Å². The number of anilines is 1. The minimum Gasteiger partial charge on any atom is -0.366 e. The highest BCUT2D eigenvalue weighted by molar-refractivity contribution is 5.60. The van der Waals surface area contributed by atoms with E-state index in [1.54, 1.807) is 6.07 Å². The summed E-state index contributed by atoms with van der Waals surface area (Å²) in [5.41, 5.74) is -1.18. The first-order valence-electron chi connectivity index (χ1n) is 11.5. The standard InChI is InChI=1S/C24H28F4N4/c25-17-10-19(23(27)20(26)11-17)21-4-5-22(31-30-21)29-18-8-15-12-32(13-16(15)9-18)14-24(28)6-2-1-3-7-24/h4-5,10-11,15-16,18H,1-3,6-9,12-14H2,(H,29,31)/t15-,16+,18?. The molecule has 1 N–H and O–H groups in total. The summed E-state index contributed by atoms with van der Waals surface area (Å²) in [7, 11) is 0. The van der Waals surface area contributed by atoms with Gasteiger partial charge in [-0.1, -0.05) is 19.3 Å². The van der Waals surface area contributed by atoms with Gasteiger partial charge < -0.3 is 5.32 Å². The van der Waals surface area contributed by atoms with Crippen molar-refractivity contribution in [3.63, 3.8) is 0 Å². The molecule has 172 valence electrons. The fourth-order valence-corrected chi connectivity index (χ4v) is 5.89. The second-order valence-corrected chi connectivity index (χ2v) is 9.79. The van der Waals surface area contributed by atoms with E-state index in [1.807, 2.05) is 0 Å². The number of benzene rings is 1. The van der Waals surface area contributed by atoms with Crippen molar-refractivity contribution in [3.8, 4) is 11.3 Å². The van der Waals surface area contributed by atoms with Gasteiger partial charge in [0.05, 0.1) is 5.69 Å². The van der Waals surface area contributed by atoms with E-state index in [-0.39, 0.29) is 17.3 Å². The number of alkyl halides is 1. The Morgan fingerprint density at radius 1 is 0.969 bits per heavy atom. The van der Waals surface area contributed by atoms with Crippen LogP contribution < -0.4 is 5.32 Å². The van der Waals surface area contributed by atoms with Crippen LogP contribution in [0.1, 0.15) is 44.9 Å². The first-order chi connectivity index (χ1) is 15.4. The number of hydrogen-bond acceptors (Lipinski definition) is 4. The van der Waals surface area contributed by atoms with Gasteiger partial charge in [0.2, 0.25) is 0 Å². The molecule has 3 aliphatic rings. The second kappa shape index (κ2) is 8.61. The lowest BCUT2D eigenvalue weighted by atomic mass is 9.86. The van der Waals surface area contributed by atoms with Gasteiger partial charge in [-0.2, -0.15) is 0 Å². The molecule has 8 heteroatoms. The fraction of sp³-hybridized carbons (Fsp3) is 0.583. The molecular formula is C24H28F4N4. The monoisotopic (exact) mass is 448 g/mol. The highest BCUT2D eigenvalue weighted by Crippen LogP contribution is 2.41. The SMILES string of the molecule is Fc1cc(F)c(F)c(-c2ccc(NC3C[C@@H]4CN(CC5(F)CCCCC5)C[C@@H]4C3)nn2)c1. The Balaban J connectivity index is 1.16. The summed E-state index contributed by atoms with van der Waals surface area (Å²) >= 11 is 0. The normalized spacial score (nSPS) is 27.4. The van der Waals surface area contributed by atoms with Crippen LogP contribution in [0.2, 0.25) is 0 Å². The summed E-state index contributed by atoms with van der Waals surface area (Å²) in [4.78, 5) is 2.32. The predicted octanol–water partition coefficient (Wildman–Crippen LogP) is 5.36. The van der Waals surface area contributed by atoms with E-state index in [2.05, 4.69) is 20.4 Å². The molecule has 0 radical (unpaired) electrons. The van der Waals surface area contributed by atoms with Gasteiger partial charge in [0.25, 0.3) is 0 Å². The zero-order valence-electron chi connectivity index (χ0n) is 18.0. The molecule has 1 aliphatic heterocycles. The lowest BCUT2D eigenvalue weighted by Crippen LogP contribution is -2.41. The fourth-order valence-electron chi connectivity index (χ4n) is 5.89. The predicted molar refractivity (Wildman–Crippen MR) is 114 cm³/mol. The van der Waals surface area contributed by atoms with Gasteiger partial charge in [0, 0.05) is 37.3 Å². The number of nitrogens with one attached hydrogen (secondary N) is 1. The van der Waals surface area contributed by atoms with Gasteiger partial charge in [-0.25, -0.2) is 17.6 Å². The third-order valence-corrected chi connectivity index (χ3v) is 7.37. The molecule has 2 aromatic rings. The molecule has 1 aromatic carbocycles. The van der Waals surface area contributed by atoms with E-state index >= 15 is 4.39 Å². The Bertz CT molecular complexity index is 947. The smallest absolute Gasteiger partial charge is 0.168 e. The van der Waals surface area contributed by atoms with Crippen LogP contribution in [-0.2, 0) is 0 Å². The molecule has 2 aliphatic carbocycles. The maximum atomic E-state index is 15.1. The number of halogens is 4. The van der Waals surface area contributed by atoms with E-state index in [0.717, 1.165) is 51.3 Å². The van der Waals surface area contributed by atoms with Gasteiger partial charge in [-0.05, 0) is 55.7 Å². The van der Waals surface area contributed by atoms with Crippen LogP contribution in [-0.4, -0.2) is 46.4 Å². The van der Waals surface area contributed by atoms with Crippen LogP contribution in [0.3, 0.4) is 0 Å². The Kier molecular flexibility index (Phi) is 5.82. The Morgan fingerprint density at radius 3 is 2.34 bits per heavy atom. The van der Waals surface area contributed by atoms with E-state index in [4.69, 9.17) is 0 Å². The zero-order chi connectivity index (χ0) is 22.3. The number of likely N-dealkylation sites (tertiary alicyclic amines) is 1. The third kappa shape index (κ3) is 4.47. The Morgan fingerprint density at radius 2 is 1.69 bits per heavy atom. The van der Waals surface area contributed by atoms with Gasteiger partial charge >= 0.3 is 0 Å². The summed E-state index contributed by atoms with van der Waals surface area (Å²) in [5.74, 6) is -1.60. The number of aromatic nitrogens is 2. The highest BCUT2D eigenvalue weighted by Gasteiger charge is 2.43. The molecular weight excluding hydrogens is 420 g/mol. The highest BCUT2D eigenvalue weighted by atomic mass is 19.2. The molecule has 3 atom stereocenters. The van der Waals surface area contributed by atoms with Crippen LogP contribution >= 0.6 is 0 Å². The van der Waals surface area contributed by atoms with Crippen LogP contribution in [0.15, 0.2) is 24.3 Å². The van der Waals surface area contributed by atoms with E-state index in [0.29, 0.717) is 43.1 Å². The summed E-state index contributed by atoms with van der Waals surface area (Å²) in [5, 5.41) is 11.4. The first kappa shape index (κ1) is 21.6. The minimum atomic E-state index is -1.25. The van der Waals surface area contributed by atoms with Crippen molar-refractivity contribution < 1.29 is 17.6 Å². The van der Waals surface area contributed by atoms with Gasteiger partial charge in [-0.3, -0.25) is 4.90 Å². The molecule has 2 saturated carbocycles. The molecule has 3 fully saturated rings. The summed E-state index contributed by atoms with van der Waals surface area (Å²) in [6.45, 7) is 2.47. The third-order valence-electron chi connectivity index (χ3n) is 7.37. The number of nitrogens with zero attached hydrogens (tertiary/aromatic N) is 3. The molecule has 0 spiro atoms. The molecule has 1 aromatic heterocycles. The molecule has 32 heavy (non-hydrogen) atoms. The van der Waals surface area contributed by atoms with Crippen LogP contribution in [0.25, 0.3) is 11.3 Å². The Hall–Kier alpha value is -2.22. The molecule has 0 bridgehead atoms. The molecule has 1 unspecified atom stereocenters. The molecule has 2 heterocycles. The van der Waals surface area contributed by atoms with Crippen molar-refractivity contribution in [3.05, 3.63) is 41.7 Å². The van der Waals surface area contributed by atoms with Crippen molar-refractivity contribution >= 4 is 5.82 Å². The zero-order valence-corrected chi connectivity index (χ0v) is 18.0. The molecule has 1 saturated heterocycles. The van der Waals surface area contributed by atoms with Gasteiger partial charge in [0.1, 0.15) is 17.3 Å². The minimum absolute atomic E-state index is 0.0771. The Labute approximate surface area is 185 Å². The average molecular weight is 449 g/mol. The lowest BCUT2D eigenvalue weighted by Gasteiger charge is -2.33.